The van der Waals surface area contributed by atoms with Crippen LogP contribution in [0, 0.1) is 5.82 Å². The molecule has 0 saturated carbocycles. The van der Waals surface area contributed by atoms with Crippen molar-refractivity contribution in [3.63, 3.8) is 0 Å². The van der Waals surface area contributed by atoms with Crippen molar-refractivity contribution in [1.82, 2.24) is 10.0 Å². The van der Waals surface area contributed by atoms with E-state index >= 15 is 0 Å². The largest absolute Gasteiger partial charge is 0.465 e. The summed E-state index contributed by atoms with van der Waals surface area (Å²) in [7, 11) is -3.65. The molecule has 0 amide bonds. The lowest BCUT2D eigenvalue weighted by atomic mass is 10.1. The van der Waals surface area contributed by atoms with E-state index in [-0.39, 0.29) is 24.7 Å². The molecule has 3 atom stereocenters. The number of aryl methyl sites for hydroxylation is 1. The molecule has 2 aromatic rings. The maximum atomic E-state index is 14.5. The number of nitrogens with one attached hydrogen (secondary N) is 1. The van der Waals surface area contributed by atoms with Gasteiger partial charge in [0.2, 0.25) is 6.29 Å². The molecular formula is C24H31FN2O7S. The summed E-state index contributed by atoms with van der Waals surface area (Å²) >= 11 is 0. The molecule has 35 heavy (non-hydrogen) atoms. The SMILES string of the molecule is C[C@@](CCc1cc(F)cn(-c2ccc(OC3CCO3)cc2)c1=O)(NOC1CCCCO1)S(C)(=O)=O. The molecule has 2 aliphatic rings. The molecule has 9 nitrogen and oxygen atoms in total. The monoisotopic (exact) mass is 510 g/mol. The third-order valence-electron chi connectivity index (χ3n) is 6.33. The average molecular weight is 511 g/mol. The maximum Gasteiger partial charge on any atom is 0.258 e. The summed E-state index contributed by atoms with van der Waals surface area (Å²) in [6.45, 7) is 2.69. The van der Waals surface area contributed by atoms with Crippen LogP contribution < -0.4 is 15.8 Å². The van der Waals surface area contributed by atoms with Gasteiger partial charge >= 0.3 is 0 Å². The Morgan fingerprint density at radius 1 is 1.14 bits per heavy atom. The smallest absolute Gasteiger partial charge is 0.258 e. The zero-order chi connectivity index (χ0) is 25.1. The van der Waals surface area contributed by atoms with Gasteiger partial charge in [-0.15, -0.1) is 0 Å². The third kappa shape index (κ3) is 6.28. The molecule has 0 aliphatic carbocycles. The number of hydrogen-bond donors (Lipinski definition) is 1. The highest BCUT2D eigenvalue weighted by atomic mass is 32.2. The Balaban J connectivity index is 1.49. The van der Waals surface area contributed by atoms with Crippen LogP contribution in [0.15, 0.2) is 41.3 Å². The van der Waals surface area contributed by atoms with E-state index in [1.54, 1.807) is 24.3 Å². The Morgan fingerprint density at radius 3 is 2.46 bits per heavy atom. The zero-order valence-electron chi connectivity index (χ0n) is 19.9. The van der Waals surface area contributed by atoms with Gasteiger partial charge in [0, 0.05) is 43.2 Å². The quantitative estimate of drug-likeness (QED) is 0.487. The third-order valence-corrected chi connectivity index (χ3v) is 8.26. The Morgan fingerprint density at radius 2 is 1.86 bits per heavy atom. The molecule has 0 bridgehead atoms. The van der Waals surface area contributed by atoms with Gasteiger partial charge in [-0.05, 0) is 62.9 Å². The number of pyridine rings is 1. The number of sulfone groups is 1. The van der Waals surface area contributed by atoms with E-state index in [1.165, 1.54) is 11.5 Å². The molecule has 1 aromatic heterocycles. The lowest BCUT2D eigenvalue weighted by Gasteiger charge is -2.31. The topological polar surface area (TPSA) is 105 Å². The predicted molar refractivity (Wildman–Crippen MR) is 126 cm³/mol. The number of ether oxygens (including phenoxy) is 3. The van der Waals surface area contributed by atoms with Crippen LogP contribution in [0.5, 0.6) is 5.75 Å². The van der Waals surface area contributed by atoms with Gasteiger partial charge in [-0.2, -0.15) is 5.48 Å². The summed E-state index contributed by atoms with van der Waals surface area (Å²) in [5, 5.41) is 0. The standard InChI is InChI=1S/C24H31FN2O7S/c1-24(35(2,29)30,26-34-22-5-3-4-13-31-22)12-10-17-15-18(25)16-27(23(17)28)19-6-8-20(9-7-19)33-21-11-14-32-21/h6-9,15-16,21-22,26H,3-5,10-14H2,1-2H3/t21?,22?,24-/m1/s1. The predicted octanol–water partition coefficient (Wildman–Crippen LogP) is 2.84. The first-order valence-corrected chi connectivity index (χ1v) is 13.6. The van der Waals surface area contributed by atoms with E-state index in [9.17, 15) is 17.6 Å². The number of nitrogens with zero attached hydrogens (tertiary/aromatic N) is 1. The van der Waals surface area contributed by atoms with Gasteiger partial charge in [-0.3, -0.25) is 14.2 Å². The molecule has 11 heteroatoms. The van der Waals surface area contributed by atoms with Gasteiger partial charge in [-0.25, -0.2) is 12.8 Å². The van der Waals surface area contributed by atoms with Crippen molar-refractivity contribution in [3.8, 4) is 11.4 Å². The number of hydroxylamine groups is 1. The number of hydrogen-bond acceptors (Lipinski definition) is 8. The van der Waals surface area contributed by atoms with E-state index in [0.29, 0.717) is 31.1 Å². The highest BCUT2D eigenvalue weighted by Gasteiger charge is 2.37. The van der Waals surface area contributed by atoms with Crippen LogP contribution in [0.3, 0.4) is 0 Å². The van der Waals surface area contributed by atoms with Crippen molar-refractivity contribution in [2.45, 2.75) is 62.9 Å². The highest BCUT2D eigenvalue weighted by molar-refractivity contribution is 7.92. The van der Waals surface area contributed by atoms with Gasteiger partial charge in [-0.1, -0.05) is 0 Å². The second-order valence-electron chi connectivity index (χ2n) is 9.08. The van der Waals surface area contributed by atoms with Crippen LogP contribution in [0.25, 0.3) is 5.69 Å². The molecule has 4 rings (SSSR count). The highest BCUT2D eigenvalue weighted by Crippen LogP contribution is 2.23. The van der Waals surface area contributed by atoms with Crippen LogP contribution in [-0.2, 0) is 30.6 Å². The van der Waals surface area contributed by atoms with Gasteiger partial charge in [0.05, 0.1) is 6.61 Å². The number of rotatable bonds is 10. The van der Waals surface area contributed by atoms with Gasteiger partial charge < -0.3 is 14.2 Å². The van der Waals surface area contributed by atoms with Crippen molar-refractivity contribution in [2.75, 3.05) is 19.5 Å². The fourth-order valence-electron chi connectivity index (χ4n) is 3.80. The molecule has 0 radical (unpaired) electrons. The van der Waals surface area contributed by atoms with Crippen molar-refractivity contribution in [2.24, 2.45) is 0 Å². The molecular weight excluding hydrogens is 479 g/mol. The summed E-state index contributed by atoms with van der Waals surface area (Å²) in [5.74, 6) is -0.0243. The van der Waals surface area contributed by atoms with Gasteiger partial charge in [0.1, 0.15) is 16.4 Å². The van der Waals surface area contributed by atoms with E-state index in [1.807, 2.05) is 0 Å². The molecule has 2 unspecified atom stereocenters. The van der Waals surface area contributed by atoms with Crippen LogP contribution >= 0.6 is 0 Å². The Labute approximate surface area is 204 Å². The summed E-state index contributed by atoms with van der Waals surface area (Å²) < 4.78 is 57.1. The van der Waals surface area contributed by atoms with Crippen molar-refractivity contribution in [1.29, 1.82) is 0 Å². The van der Waals surface area contributed by atoms with Crippen LogP contribution in [0.2, 0.25) is 0 Å². The summed E-state index contributed by atoms with van der Waals surface area (Å²) in [4.78, 5) is 17.2. The van der Waals surface area contributed by atoms with E-state index in [4.69, 9.17) is 19.0 Å². The van der Waals surface area contributed by atoms with E-state index in [2.05, 4.69) is 5.48 Å². The first kappa shape index (κ1) is 25.8. The minimum Gasteiger partial charge on any atom is -0.465 e. The molecule has 2 aliphatic heterocycles. The van der Waals surface area contributed by atoms with Gasteiger partial charge in [0.15, 0.2) is 16.1 Å². The van der Waals surface area contributed by atoms with E-state index < -0.39 is 32.4 Å². The maximum absolute atomic E-state index is 14.5. The number of benzene rings is 1. The number of aromatic nitrogens is 1. The van der Waals surface area contributed by atoms with Crippen molar-refractivity contribution < 1.29 is 31.9 Å². The molecule has 2 fully saturated rings. The molecule has 1 aromatic carbocycles. The van der Waals surface area contributed by atoms with Crippen LogP contribution in [0.1, 0.15) is 44.6 Å². The Hall–Kier alpha value is -2.31. The van der Waals surface area contributed by atoms with Gasteiger partial charge in [0.25, 0.3) is 5.56 Å². The van der Waals surface area contributed by atoms with Crippen molar-refractivity contribution >= 4 is 9.84 Å². The molecule has 192 valence electrons. The lowest BCUT2D eigenvalue weighted by molar-refractivity contribution is -0.206. The minimum atomic E-state index is -3.65. The van der Waals surface area contributed by atoms with Crippen molar-refractivity contribution in [3.05, 3.63) is 58.3 Å². The average Bonchev–Trinajstić information content (AvgIpc) is 2.81. The summed E-state index contributed by atoms with van der Waals surface area (Å²) in [6, 6.07) is 7.81. The van der Waals surface area contributed by atoms with Crippen LogP contribution in [-0.4, -0.2) is 49.9 Å². The Kier molecular flexibility index (Phi) is 7.92. The fourth-order valence-corrected chi connectivity index (χ4v) is 4.47. The molecule has 3 heterocycles. The van der Waals surface area contributed by atoms with E-state index in [0.717, 1.165) is 37.8 Å². The number of halogens is 1. The van der Waals surface area contributed by atoms with Crippen LogP contribution in [0.4, 0.5) is 4.39 Å². The second-order valence-corrected chi connectivity index (χ2v) is 11.5. The normalized spacial score (nSPS) is 22.3. The Bertz CT molecular complexity index is 1180. The lowest BCUT2D eigenvalue weighted by Crippen LogP contribution is -2.51. The molecule has 2 saturated heterocycles. The second kappa shape index (κ2) is 10.8. The first-order chi connectivity index (χ1) is 16.6. The summed E-state index contributed by atoms with van der Waals surface area (Å²) in [6.07, 6.45) is 4.71. The zero-order valence-corrected chi connectivity index (χ0v) is 20.7. The fraction of sp³-hybridized carbons (Fsp3) is 0.542. The minimum absolute atomic E-state index is 0.00852. The molecule has 0 spiro atoms. The first-order valence-electron chi connectivity index (χ1n) is 11.7. The summed E-state index contributed by atoms with van der Waals surface area (Å²) in [5.41, 5.74) is 2.82. The molecule has 1 N–H and O–H groups in total.